The van der Waals surface area contributed by atoms with E-state index in [1.54, 1.807) is 6.92 Å². The predicted molar refractivity (Wildman–Crippen MR) is 108 cm³/mol. The second kappa shape index (κ2) is 9.33. The normalized spacial score (nSPS) is 29.9. The summed E-state index contributed by atoms with van der Waals surface area (Å²) in [6, 6.07) is 0. The molecule has 0 radical (unpaired) electrons. The van der Waals surface area contributed by atoms with E-state index >= 15 is 0 Å². The molecule has 12 heteroatoms. The molecule has 0 saturated carbocycles. The van der Waals surface area contributed by atoms with Gasteiger partial charge in [0.05, 0.1) is 11.7 Å². The van der Waals surface area contributed by atoms with Crippen molar-refractivity contribution in [3.63, 3.8) is 0 Å². The quantitative estimate of drug-likeness (QED) is 0.405. The van der Waals surface area contributed by atoms with E-state index in [4.69, 9.17) is 9.26 Å². The molecule has 4 unspecified atom stereocenters. The predicted octanol–water partition coefficient (Wildman–Crippen LogP) is 2.63. The first-order valence-corrected chi connectivity index (χ1v) is 11.8. The molecule has 178 valence electrons. The summed E-state index contributed by atoms with van der Waals surface area (Å²) in [4.78, 5) is 27.5. The Morgan fingerprint density at radius 1 is 1.35 bits per heavy atom. The van der Waals surface area contributed by atoms with Crippen LogP contribution in [0.4, 0.5) is 8.78 Å². The zero-order valence-corrected chi connectivity index (χ0v) is 19.2. The topological polar surface area (TPSA) is 142 Å². The number of aromatic nitrogens is 2. The van der Waals surface area contributed by atoms with Gasteiger partial charge in [-0.3, -0.25) is 14.3 Å². The Morgan fingerprint density at radius 2 is 1.97 bits per heavy atom. The van der Waals surface area contributed by atoms with Crippen molar-refractivity contribution < 1.29 is 37.7 Å². The van der Waals surface area contributed by atoms with Gasteiger partial charge in [-0.2, -0.15) is 4.39 Å². The maximum absolute atomic E-state index is 14.8. The average Bonchev–Trinajstić information content (AvgIpc) is 2.92. The summed E-state index contributed by atoms with van der Waals surface area (Å²) in [7, 11) is -4.52. The summed E-state index contributed by atoms with van der Waals surface area (Å²) in [6.45, 7) is 7.34. The Labute approximate surface area is 179 Å². The van der Waals surface area contributed by atoms with Gasteiger partial charge in [0.15, 0.2) is 11.5 Å². The Kier molecular flexibility index (Phi) is 7.83. The number of hydrogen-bond acceptors (Lipinski definition) is 7. The van der Waals surface area contributed by atoms with Crippen molar-refractivity contribution in [3.8, 4) is 0 Å². The van der Waals surface area contributed by atoms with Crippen molar-refractivity contribution in [2.24, 2.45) is 0 Å². The molecule has 0 spiro atoms. The minimum absolute atomic E-state index is 0.0450. The van der Waals surface area contributed by atoms with Crippen LogP contribution in [-0.4, -0.2) is 54.4 Å². The molecular weight excluding hydrogens is 437 g/mol. The monoisotopic (exact) mass is 468 g/mol. The van der Waals surface area contributed by atoms with Crippen LogP contribution in [0.1, 0.15) is 70.9 Å². The number of hydrogen-bond donors (Lipinski definition) is 4. The molecule has 1 aromatic heterocycles. The fourth-order valence-electron chi connectivity index (χ4n) is 3.57. The molecule has 1 aliphatic rings. The van der Waals surface area contributed by atoms with E-state index in [1.807, 2.05) is 4.98 Å². The molecule has 2 heterocycles. The summed E-state index contributed by atoms with van der Waals surface area (Å²) in [5, 5.41) is 18.6. The van der Waals surface area contributed by atoms with Crippen LogP contribution >= 0.6 is 7.60 Å². The van der Waals surface area contributed by atoms with Gasteiger partial charge >= 0.3 is 7.60 Å². The number of halogens is 2. The van der Waals surface area contributed by atoms with Crippen LogP contribution in [0.2, 0.25) is 0 Å². The lowest BCUT2D eigenvalue weighted by Gasteiger charge is -2.38. The van der Waals surface area contributed by atoms with Gasteiger partial charge in [-0.15, -0.1) is 0 Å². The molecule has 1 aromatic rings. The van der Waals surface area contributed by atoms with Crippen LogP contribution in [0.25, 0.3) is 0 Å². The van der Waals surface area contributed by atoms with E-state index < -0.39 is 60.2 Å². The van der Waals surface area contributed by atoms with E-state index in [0.29, 0.717) is 6.42 Å². The summed E-state index contributed by atoms with van der Waals surface area (Å²) < 4.78 is 52.7. The maximum Gasteiger partial charge on any atom is 0.359 e. The Bertz CT molecular complexity index is 896. The highest BCUT2D eigenvalue weighted by Gasteiger charge is 2.52. The number of rotatable bonds is 9. The van der Waals surface area contributed by atoms with Crippen LogP contribution in [-0.2, 0) is 13.8 Å². The smallest absolute Gasteiger partial charge is 0.359 e. The SMILES string of the molecule is CCCC(C)(C[C@H]1O[C@@H](c2nc(C)c(=O)[nH]c2F)[C@@H](F)C1O)OP(=O)(O)C(C)(O)CC. The number of ether oxygens (including phenoxy) is 1. The molecule has 2 rings (SSSR count). The zero-order chi connectivity index (χ0) is 23.8. The number of alkyl halides is 1. The summed E-state index contributed by atoms with van der Waals surface area (Å²) in [5.41, 5.74) is -2.69. The van der Waals surface area contributed by atoms with Gasteiger partial charge in [-0.05, 0) is 33.6 Å². The Morgan fingerprint density at radius 3 is 2.52 bits per heavy atom. The molecule has 0 amide bonds. The minimum atomic E-state index is -4.52. The van der Waals surface area contributed by atoms with Crippen molar-refractivity contribution in [3.05, 3.63) is 27.7 Å². The first kappa shape index (κ1) is 26.0. The summed E-state index contributed by atoms with van der Waals surface area (Å²) >= 11 is 0. The number of nitrogens with one attached hydrogen (secondary N) is 1. The number of aryl methyl sites for hydroxylation is 1. The molecule has 1 aliphatic heterocycles. The second-order valence-corrected chi connectivity index (χ2v) is 10.7. The van der Waals surface area contributed by atoms with Crippen molar-refractivity contribution in [1.29, 1.82) is 0 Å². The highest BCUT2D eigenvalue weighted by atomic mass is 31.2. The van der Waals surface area contributed by atoms with Crippen molar-refractivity contribution in [1.82, 2.24) is 9.97 Å². The first-order valence-electron chi connectivity index (χ1n) is 10.2. The number of aliphatic hydroxyl groups excluding tert-OH is 1. The molecule has 4 N–H and O–H groups in total. The Balaban J connectivity index is 2.30. The van der Waals surface area contributed by atoms with Gasteiger partial charge in [0.25, 0.3) is 5.56 Å². The fraction of sp³-hybridized carbons (Fsp3) is 0.789. The van der Waals surface area contributed by atoms with Crippen LogP contribution in [0.15, 0.2) is 4.79 Å². The van der Waals surface area contributed by atoms with Gasteiger partial charge in [0.2, 0.25) is 5.95 Å². The lowest BCUT2D eigenvalue weighted by atomic mass is 9.91. The number of aliphatic hydroxyl groups is 2. The molecule has 1 saturated heterocycles. The van der Waals surface area contributed by atoms with Crippen molar-refractivity contribution >= 4 is 7.60 Å². The van der Waals surface area contributed by atoms with Gasteiger partial charge in [0.1, 0.15) is 23.6 Å². The summed E-state index contributed by atoms with van der Waals surface area (Å²) in [5.74, 6) is -1.16. The van der Waals surface area contributed by atoms with E-state index in [9.17, 15) is 33.2 Å². The summed E-state index contributed by atoms with van der Waals surface area (Å²) in [6.07, 6.45) is -6.02. The van der Waals surface area contributed by atoms with Crippen LogP contribution in [0.3, 0.4) is 0 Å². The average molecular weight is 468 g/mol. The van der Waals surface area contributed by atoms with Crippen LogP contribution in [0.5, 0.6) is 0 Å². The van der Waals surface area contributed by atoms with E-state index in [1.165, 1.54) is 27.7 Å². The van der Waals surface area contributed by atoms with Gasteiger partial charge < -0.3 is 24.4 Å². The third-order valence-electron chi connectivity index (χ3n) is 5.69. The van der Waals surface area contributed by atoms with Crippen molar-refractivity contribution in [2.75, 3.05) is 0 Å². The number of aromatic amines is 1. The number of nitrogens with zero attached hydrogens (tertiary/aromatic N) is 1. The molecule has 9 nitrogen and oxygen atoms in total. The lowest BCUT2D eigenvalue weighted by molar-refractivity contribution is -0.0560. The molecule has 1 fully saturated rings. The zero-order valence-electron chi connectivity index (χ0n) is 18.3. The van der Waals surface area contributed by atoms with E-state index in [0.717, 1.165) is 0 Å². The van der Waals surface area contributed by atoms with Gasteiger partial charge in [-0.25, -0.2) is 9.37 Å². The van der Waals surface area contributed by atoms with Crippen LogP contribution in [0, 0.1) is 12.9 Å². The maximum atomic E-state index is 14.8. The third-order valence-corrected chi connectivity index (χ3v) is 7.91. The third kappa shape index (κ3) is 5.40. The molecular formula is C19H31F2N2O7P. The highest BCUT2D eigenvalue weighted by molar-refractivity contribution is 7.54. The first-order chi connectivity index (χ1) is 14.2. The molecule has 0 aromatic carbocycles. The highest BCUT2D eigenvalue weighted by Crippen LogP contribution is 2.59. The molecule has 0 aliphatic carbocycles. The standard InChI is InChI=1S/C19H31F2N2O7P/c1-6-8-18(4,30-31(27,28)19(5,26)7-2)9-11-14(24)12(20)15(29-11)13-16(21)23-17(25)10(3)22-13/h11-12,14-15,24,26H,6-9H2,1-5H3,(H,23,25)(H,27,28)/t11-,12+,14?,15-,18?,19?/m1/s1. The number of H-pyrrole nitrogens is 1. The van der Waals surface area contributed by atoms with Crippen molar-refractivity contribution in [2.45, 2.75) is 95.7 Å². The molecule has 7 atom stereocenters. The van der Waals surface area contributed by atoms with E-state index in [2.05, 4.69) is 4.98 Å². The van der Waals surface area contributed by atoms with Gasteiger partial charge in [-0.1, -0.05) is 20.3 Å². The molecule has 31 heavy (non-hydrogen) atoms. The Hall–Kier alpha value is -1.23. The van der Waals surface area contributed by atoms with E-state index in [-0.39, 0.29) is 25.0 Å². The largest absolute Gasteiger partial charge is 0.387 e. The molecule has 0 bridgehead atoms. The second-order valence-electron chi connectivity index (χ2n) is 8.47. The lowest BCUT2D eigenvalue weighted by Crippen LogP contribution is -2.40. The van der Waals surface area contributed by atoms with Crippen LogP contribution < -0.4 is 5.56 Å². The minimum Gasteiger partial charge on any atom is -0.387 e. The van der Waals surface area contributed by atoms with Gasteiger partial charge in [0, 0.05) is 6.42 Å². The fourth-order valence-corrected chi connectivity index (χ4v) is 4.93.